The highest BCUT2D eigenvalue weighted by Crippen LogP contribution is 2.24. The molecular formula is C22H21N5O2. The Morgan fingerprint density at radius 1 is 0.931 bits per heavy atom. The summed E-state index contributed by atoms with van der Waals surface area (Å²) in [5.74, 6) is 0. The maximum Gasteiger partial charge on any atom is 0.409 e. The summed E-state index contributed by atoms with van der Waals surface area (Å²) < 4.78 is 1.83. The van der Waals surface area contributed by atoms with Crippen LogP contribution in [0.2, 0.25) is 0 Å². The van der Waals surface area contributed by atoms with Gasteiger partial charge in [0.25, 0.3) is 0 Å². The van der Waals surface area contributed by atoms with Crippen molar-refractivity contribution >= 4 is 39.7 Å². The van der Waals surface area contributed by atoms with E-state index < -0.39 is 6.09 Å². The first-order chi connectivity index (χ1) is 14.0. The molecule has 3 N–H and O–H groups in total. The monoisotopic (exact) mass is 387 g/mol. The normalized spacial score (nSPS) is 10.7. The number of anilines is 4. The Morgan fingerprint density at radius 2 is 1.55 bits per heavy atom. The molecule has 0 atom stereocenters. The van der Waals surface area contributed by atoms with Crippen LogP contribution in [0.1, 0.15) is 0 Å². The Bertz CT molecular complexity index is 1150. The standard InChI is InChI=1S/C22H21N5O2/c1-26(2)19-8-3-16(4-9-19)24-17-5-10-20(11-6-17)27-21-12-7-18(25-22(28)29)13-15(21)14-23-27/h3-14,24-25H,1-2H3,(H,28,29). The predicted molar refractivity (Wildman–Crippen MR) is 117 cm³/mol. The van der Waals surface area contributed by atoms with Gasteiger partial charge < -0.3 is 15.3 Å². The maximum atomic E-state index is 10.8. The van der Waals surface area contributed by atoms with Gasteiger partial charge in [0.05, 0.1) is 17.4 Å². The smallest absolute Gasteiger partial charge is 0.409 e. The van der Waals surface area contributed by atoms with Gasteiger partial charge in [-0.2, -0.15) is 5.10 Å². The Labute approximate surface area is 168 Å². The molecule has 0 saturated heterocycles. The Kier molecular flexibility index (Phi) is 4.78. The van der Waals surface area contributed by atoms with Gasteiger partial charge in [0.15, 0.2) is 0 Å². The zero-order chi connectivity index (χ0) is 20.4. The molecule has 4 rings (SSSR count). The zero-order valence-electron chi connectivity index (χ0n) is 16.1. The van der Waals surface area contributed by atoms with E-state index in [9.17, 15) is 4.79 Å². The lowest BCUT2D eigenvalue weighted by Gasteiger charge is -2.13. The van der Waals surface area contributed by atoms with Crippen LogP contribution in [0.15, 0.2) is 72.9 Å². The highest BCUT2D eigenvalue weighted by atomic mass is 16.4. The van der Waals surface area contributed by atoms with Gasteiger partial charge in [0.2, 0.25) is 0 Å². The van der Waals surface area contributed by atoms with Crippen LogP contribution in [0.4, 0.5) is 27.5 Å². The molecule has 0 aliphatic rings. The average Bonchev–Trinajstić information content (AvgIpc) is 3.12. The molecule has 4 aromatic rings. The van der Waals surface area contributed by atoms with E-state index in [1.54, 1.807) is 18.3 Å². The maximum absolute atomic E-state index is 10.8. The van der Waals surface area contributed by atoms with Gasteiger partial charge in [-0.15, -0.1) is 0 Å². The molecule has 7 heteroatoms. The van der Waals surface area contributed by atoms with Crippen LogP contribution in [0.5, 0.6) is 0 Å². The molecule has 146 valence electrons. The molecule has 0 aliphatic heterocycles. The number of carbonyl (C=O) groups is 1. The van der Waals surface area contributed by atoms with E-state index in [4.69, 9.17) is 5.11 Å². The van der Waals surface area contributed by atoms with Crippen LogP contribution in [0.25, 0.3) is 16.6 Å². The summed E-state index contributed by atoms with van der Waals surface area (Å²) in [5.41, 5.74) is 5.50. The molecule has 0 unspecified atom stereocenters. The Morgan fingerprint density at radius 3 is 2.17 bits per heavy atom. The molecule has 1 heterocycles. The molecule has 7 nitrogen and oxygen atoms in total. The van der Waals surface area contributed by atoms with Crippen molar-refractivity contribution in [2.24, 2.45) is 0 Å². The molecule has 0 aliphatic carbocycles. The molecule has 29 heavy (non-hydrogen) atoms. The van der Waals surface area contributed by atoms with E-state index in [2.05, 4.69) is 32.8 Å². The van der Waals surface area contributed by atoms with Crippen molar-refractivity contribution in [1.29, 1.82) is 0 Å². The van der Waals surface area contributed by atoms with Gasteiger partial charge in [-0.1, -0.05) is 0 Å². The van der Waals surface area contributed by atoms with Crippen molar-refractivity contribution in [3.05, 3.63) is 72.9 Å². The van der Waals surface area contributed by atoms with Gasteiger partial charge in [-0.05, 0) is 66.7 Å². The van der Waals surface area contributed by atoms with E-state index in [1.165, 1.54) is 0 Å². The third kappa shape index (κ3) is 3.98. The number of nitrogens with zero attached hydrogens (tertiary/aromatic N) is 3. The minimum Gasteiger partial charge on any atom is -0.465 e. The highest BCUT2D eigenvalue weighted by Gasteiger charge is 2.07. The van der Waals surface area contributed by atoms with Crippen molar-refractivity contribution < 1.29 is 9.90 Å². The second-order valence-electron chi connectivity index (χ2n) is 6.87. The summed E-state index contributed by atoms with van der Waals surface area (Å²) in [4.78, 5) is 12.9. The molecule has 3 aromatic carbocycles. The molecule has 0 spiro atoms. The summed E-state index contributed by atoms with van der Waals surface area (Å²) >= 11 is 0. The fourth-order valence-corrected chi connectivity index (χ4v) is 3.14. The molecule has 0 bridgehead atoms. The molecule has 1 amide bonds. The lowest BCUT2D eigenvalue weighted by atomic mass is 10.2. The van der Waals surface area contributed by atoms with Crippen LogP contribution in [0, 0.1) is 0 Å². The first-order valence-electron chi connectivity index (χ1n) is 9.12. The number of hydrogen-bond acceptors (Lipinski definition) is 4. The minimum atomic E-state index is -1.09. The van der Waals surface area contributed by atoms with E-state index >= 15 is 0 Å². The first-order valence-corrected chi connectivity index (χ1v) is 9.12. The third-order valence-corrected chi connectivity index (χ3v) is 4.60. The number of rotatable bonds is 5. The van der Waals surface area contributed by atoms with Crippen molar-refractivity contribution in [2.75, 3.05) is 29.6 Å². The number of aromatic nitrogens is 2. The van der Waals surface area contributed by atoms with E-state index in [0.29, 0.717) is 5.69 Å². The van der Waals surface area contributed by atoms with Crippen LogP contribution in [-0.4, -0.2) is 35.1 Å². The van der Waals surface area contributed by atoms with Gasteiger partial charge in [0.1, 0.15) is 0 Å². The average molecular weight is 387 g/mol. The molecule has 0 saturated carbocycles. The van der Waals surface area contributed by atoms with Gasteiger partial charge in [0, 0.05) is 42.2 Å². The predicted octanol–water partition coefficient (Wildman–Crippen LogP) is 4.93. The summed E-state index contributed by atoms with van der Waals surface area (Å²) in [6.07, 6.45) is 0.636. The summed E-state index contributed by atoms with van der Waals surface area (Å²) in [6, 6.07) is 21.6. The zero-order valence-corrected chi connectivity index (χ0v) is 16.1. The van der Waals surface area contributed by atoms with Crippen molar-refractivity contribution in [1.82, 2.24) is 9.78 Å². The molecule has 0 fully saturated rings. The van der Waals surface area contributed by atoms with Crippen molar-refractivity contribution in [2.45, 2.75) is 0 Å². The number of fused-ring (bicyclic) bond motifs is 1. The SMILES string of the molecule is CN(C)c1ccc(Nc2ccc(-n3ncc4cc(NC(=O)O)ccc43)cc2)cc1. The second kappa shape index (κ2) is 7.55. The van der Waals surface area contributed by atoms with E-state index in [0.717, 1.165) is 33.7 Å². The van der Waals surface area contributed by atoms with Crippen LogP contribution < -0.4 is 15.5 Å². The lowest BCUT2D eigenvalue weighted by Crippen LogP contribution is -2.08. The fraction of sp³-hybridized carbons (Fsp3) is 0.0909. The van der Waals surface area contributed by atoms with Crippen LogP contribution in [-0.2, 0) is 0 Å². The molecule has 1 aromatic heterocycles. The number of carboxylic acid groups (broad SMARTS) is 1. The molecular weight excluding hydrogens is 366 g/mol. The largest absolute Gasteiger partial charge is 0.465 e. The van der Waals surface area contributed by atoms with E-state index in [-0.39, 0.29) is 0 Å². The van der Waals surface area contributed by atoms with E-state index in [1.807, 2.05) is 61.2 Å². The summed E-state index contributed by atoms with van der Waals surface area (Å²) in [5, 5.41) is 19.9. The van der Waals surface area contributed by atoms with Gasteiger partial charge in [-0.3, -0.25) is 5.32 Å². The number of nitrogens with one attached hydrogen (secondary N) is 2. The number of benzene rings is 3. The summed E-state index contributed by atoms with van der Waals surface area (Å²) in [6.45, 7) is 0. The first kappa shape index (κ1) is 18.4. The lowest BCUT2D eigenvalue weighted by molar-refractivity contribution is 0.210. The quantitative estimate of drug-likeness (QED) is 0.452. The molecule has 0 radical (unpaired) electrons. The Hall–Kier alpha value is -4.00. The van der Waals surface area contributed by atoms with Crippen LogP contribution in [0.3, 0.4) is 0 Å². The van der Waals surface area contributed by atoms with Crippen molar-refractivity contribution in [3.63, 3.8) is 0 Å². The minimum absolute atomic E-state index is 0.518. The third-order valence-electron chi connectivity index (χ3n) is 4.60. The topological polar surface area (TPSA) is 82.4 Å². The second-order valence-corrected chi connectivity index (χ2v) is 6.87. The Balaban J connectivity index is 1.53. The number of hydrogen-bond donors (Lipinski definition) is 3. The number of amides is 1. The van der Waals surface area contributed by atoms with Crippen LogP contribution >= 0.6 is 0 Å². The highest BCUT2D eigenvalue weighted by molar-refractivity contribution is 5.89. The van der Waals surface area contributed by atoms with Gasteiger partial charge >= 0.3 is 6.09 Å². The van der Waals surface area contributed by atoms with Gasteiger partial charge in [-0.25, -0.2) is 9.48 Å². The fourth-order valence-electron chi connectivity index (χ4n) is 3.14. The summed E-state index contributed by atoms with van der Waals surface area (Å²) in [7, 11) is 4.03. The van der Waals surface area contributed by atoms with Crippen molar-refractivity contribution in [3.8, 4) is 5.69 Å².